The lowest BCUT2D eigenvalue weighted by molar-refractivity contribution is -0.137. The Bertz CT molecular complexity index is 808. The van der Waals surface area contributed by atoms with E-state index < -0.39 is 11.7 Å². The number of hydrogen-bond donors (Lipinski definition) is 0. The summed E-state index contributed by atoms with van der Waals surface area (Å²) in [5.74, 6) is 0.281. The molecule has 1 aromatic carbocycles. The lowest BCUT2D eigenvalue weighted by Gasteiger charge is -2.28. The van der Waals surface area contributed by atoms with Gasteiger partial charge in [0.1, 0.15) is 11.3 Å². The summed E-state index contributed by atoms with van der Waals surface area (Å²) in [4.78, 5) is 9.17. The maximum Gasteiger partial charge on any atom is 0.421 e. The van der Waals surface area contributed by atoms with Gasteiger partial charge in [0.25, 0.3) is 0 Å². The largest absolute Gasteiger partial charge is 0.488 e. The number of anilines is 2. The van der Waals surface area contributed by atoms with E-state index in [0.717, 1.165) is 31.9 Å². The van der Waals surface area contributed by atoms with Crippen molar-refractivity contribution in [2.24, 2.45) is 0 Å². The van der Waals surface area contributed by atoms with Crippen LogP contribution in [0.2, 0.25) is 0 Å². The number of para-hydroxylation sites is 2. The van der Waals surface area contributed by atoms with Crippen LogP contribution in [0.5, 0.6) is 11.8 Å². The Kier molecular flexibility index (Phi) is 6.82. The quantitative estimate of drug-likeness (QED) is 0.582. The summed E-state index contributed by atoms with van der Waals surface area (Å²) in [6, 6.07) is 7.02. The smallest absolute Gasteiger partial charge is 0.421 e. The van der Waals surface area contributed by atoms with E-state index in [9.17, 15) is 13.2 Å². The van der Waals surface area contributed by atoms with Crippen LogP contribution in [0.4, 0.5) is 24.7 Å². The van der Waals surface area contributed by atoms with Crippen LogP contribution in [-0.2, 0) is 6.18 Å². The van der Waals surface area contributed by atoms with Crippen molar-refractivity contribution in [1.29, 1.82) is 0 Å². The van der Waals surface area contributed by atoms with Gasteiger partial charge in [-0.3, -0.25) is 0 Å². The molecule has 0 amide bonds. The number of halogens is 3. The van der Waals surface area contributed by atoms with E-state index in [1.54, 1.807) is 25.2 Å². The molecule has 0 saturated heterocycles. The zero-order chi connectivity index (χ0) is 20.9. The number of nitrogens with zero attached hydrogens (tertiary/aromatic N) is 3. The Balaban J connectivity index is 1.95. The van der Waals surface area contributed by atoms with E-state index in [1.807, 2.05) is 13.0 Å². The molecule has 1 aromatic heterocycles. The first-order chi connectivity index (χ1) is 13.9. The van der Waals surface area contributed by atoms with Gasteiger partial charge in [0, 0.05) is 13.2 Å². The molecule has 0 aliphatic heterocycles. The molecular formula is C21H26F3N3O2. The number of hydrogen-bond acceptors (Lipinski definition) is 5. The van der Waals surface area contributed by atoms with Gasteiger partial charge in [-0.05, 0) is 44.2 Å². The second kappa shape index (κ2) is 9.33. The fraction of sp³-hybridized carbons (Fsp3) is 0.524. The van der Waals surface area contributed by atoms with Gasteiger partial charge in [0.05, 0.1) is 18.4 Å². The van der Waals surface area contributed by atoms with Crippen molar-refractivity contribution in [2.45, 2.75) is 57.7 Å². The molecule has 0 unspecified atom stereocenters. The van der Waals surface area contributed by atoms with Gasteiger partial charge in [-0.25, -0.2) is 4.98 Å². The van der Waals surface area contributed by atoms with Gasteiger partial charge < -0.3 is 14.4 Å². The first kappa shape index (κ1) is 21.2. The second-order valence-electron chi connectivity index (χ2n) is 7.14. The molecule has 1 saturated carbocycles. The van der Waals surface area contributed by atoms with E-state index in [2.05, 4.69) is 9.97 Å². The number of rotatable bonds is 7. The van der Waals surface area contributed by atoms with Crippen LogP contribution in [0.1, 0.15) is 51.0 Å². The van der Waals surface area contributed by atoms with Gasteiger partial charge in [-0.15, -0.1) is 0 Å². The molecule has 1 aliphatic rings. The molecule has 2 aromatic rings. The molecule has 158 valence electrons. The van der Waals surface area contributed by atoms with Gasteiger partial charge >= 0.3 is 12.2 Å². The molecule has 0 radical (unpaired) electrons. The first-order valence-corrected chi connectivity index (χ1v) is 9.96. The molecular weight excluding hydrogens is 383 g/mol. The number of ether oxygens (including phenoxy) is 2. The summed E-state index contributed by atoms with van der Waals surface area (Å²) in [6.07, 6.45) is 2.26. The summed E-state index contributed by atoms with van der Waals surface area (Å²) in [7, 11) is 1.55. The van der Waals surface area contributed by atoms with Gasteiger partial charge in [-0.2, -0.15) is 18.2 Å². The van der Waals surface area contributed by atoms with Crippen LogP contribution in [0.15, 0.2) is 30.5 Å². The molecule has 8 heteroatoms. The van der Waals surface area contributed by atoms with Crippen LogP contribution in [0.25, 0.3) is 0 Å². The summed E-state index contributed by atoms with van der Waals surface area (Å²) in [5.41, 5.74) is -0.403. The van der Waals surface area contributed by atoms with Crippen molar-refractivity contribution in [3.8, 4) is 11.8 Å². The van der Waals surface area contributed by atoms with Gasteiger partial charge in [0.2, 0.25) is 0 Å². The van der Waals surface area contributed by atoms with Crippen LogP contribution in [0.3, 0.4) is 0 Å². The first-order valence-electron chi connectivity index (χ1n) is 9.96. The molecule has 0 N–H and O–H groups in total. The number of aromatic nitrogens is 2. The van der Waals surface area contributed by atoms with Gasteiger partial charge in [0.15, 0.2) is 5.82 Å². The molecule has 1 fully saturated rings. The summed E-state index contributed by atoms with van der Waals surface area (Å²) < 4.78 is 52.3. The summed E-state index contributed by atoms with van der Waals surface area (Å²) >= 11 is 0. The Morgan fingerprint density at radius 3 is 2.55 bits per heavy atom. The lowest BCUT2D eigenvalue weighted by Crippen LogP contribution is -2.23. The summed E-state index contributed by atoms with van der Waals surface area (Å²) in [5, 5.41) is 0. The SMILES string of the molecule is CCCOc1ncc(C(F)(F)F)c(N(C)c2ccccc2OC2CCCCC2)n1. The zero-order valence-electron chi connectivity index (χ0n) is 16.7. The van der Waals surface area contributed by atoms with Crippen molar-refractivity contribution in [3.63, 3.8) is 0 Å². The zero-order valence-corrected chi connectivity index (χ0v) is 16.7. The minimum Gasteiger partial charge on any atom is -0.488 e. The highest BCUT2D eigenvalue weighted by atomic mass is 19.4. The van der Waals surface area contributed by atoms with Crippen LogP contribution in [-0.4, -0.2) is 29.7 Å². The van der Waals surface area contributed by atoms with E-state index in [-0.39, 0.29) is 17.9 Å². The normalized spacial score (nSPS) is 15.2. The second-order valence-corrected chi connectivity index (χ2v) is 7.14. The van der Waals surface area contributed by atoms with Crippen molar-refractivity contribution >= 4 is 11.5 Å². The maximum absolute atomic E-state index is 13.6. The Morgan fingerprint density at radius 1 is 1.14 bits per heavy atom. The minimum absolute atomic E-state index is 0.0765. The third kappa shape index (κ3) is 5.31. The average molecular weight is 409 g/mol. The monoisotopic (exact) mass is 409 g/mol. The van der Waals surface area contributed by atoms with Crippen molar-refractivity contribution in [3.05, 3.63) is 36.0 Å². The topological polar surface area (TPSA) is 47.5 Å². The lowest BCUT2D eigenvalue weighted by atomic mass is 9.98. The Hall–Kier alpha value is -2.51. The molecule has 0 spiro atoms. The van der Waals surface area contributed by atoms with E-state index in [0.29, 0.717) is 24.5 Å². The van der Waals surface area contributed by atoms with Crippen molar-refractivity contribution < 1.29 is 22.6 Å². The van der Waals surface area contributed by atoms with Crippen LogP contribution >= 0.6 is 0 Å². The molecule has 5 nitrogen and oxygen atoms in total. The molecule has 0 bridgehead atoms. The average Bonchev–Trinajstić information content (AvgIpc) is 2.72. The fourth-order valence-electron chi connectivity index (χ4n) is 3.39. The highest BCUT2D eigenvalue weighted by Crippen LogP contribution is 2.40. The van der Waals surface area contributed by atoms with Crippen LogP contribution < -0.4 is 14.4 Å². The molecule has 3 rings (SSSR count). The Morgan fingerprint density at radius 2 is 1.86 bits per heavy atom. The standard InChI is InChI=1S/C21H26F3N3O2/c1-3-13-28-20-25-14-16(21(22,23)24)19(26-20)27(2)17-11-7-8-12-18(17)29-15-9-5-4-6-10-15/h7-8,11-12,14-15H,3-6,9-10,13H2,1-2H3. The third-order valence-electron chi connectivity index (χ3n) is 4.88. The fourth-order valence-corrected chi connectivity index (χ4v) is 3.39. The summed E-state index contributed by atoms with van der Waals surface area (Å²) in [6.45, 7) is 2.23. The van der Waals surface area contributed by atoms with E-state index >= 15 is 0 Å². The van der Waals surface area contributed by atoms with Crippen LogP contribution in [0, 0.1) is 0 Å². The third-order valence-corrected chi connectivity index (χ3v) is 4.88. The predicted molar refractivity (Wildman–Crippen MR) is 105 cm³/mol. The molecule has 29 heavy (non-hydrogen) atoms. The molecule has 1 aliphatic carbocycles. The van der Waals surface area contributed by atoms with E-state index in [1.165, 1.54) is 11.3 Å². The molecule has 0 atom stereocenters. The predicted octanol–water partition coefficient (Wildman–Crippen LogP) is 5.76. The number of benzene rings is 1. The Labute approximate surface area is 168 Å². The highest BCUT2D eigenvalue weighted by molar-refractivity contribution is 5.68. The van der Waals surface area contributed by atoms with E-state index in [4.69, 9.17) is 9.47 Å². The highest BCUT2D eigenvalue weighted by Gasteiger charge is 2.37. The minimum atomic E-state index is -4.59. The van der Waals surface area contributed by atoms with Crippen molar-refractivity contribution in [2.75, 3.05) is 18.6 Å². The number of alkyl halides is 3. The van der Waals surface area contributed by atoms with Gasteiger partial charge in [-0.1, -0.05) is 25.5 Å². The molecule has 1 heterocycles. The van der Waals surface area contributed by atoms with Crippen molar-refractivity contribution in [1.82, 2.24) is 9.97 Å². The maximum atomic E-state index is 13.6.